The summed E-state index contributed by atoms with van der Waals surface area (Å²) in [5, 5.41) is 11.3. The van der Waals surface area contributed by atoms with Crippen molar-refractivity contribution in [3.63, 3.8) is 0 Å². The van der Waals surface area contributed by atoms with Crippen LogP contribution in [0.25, 0.3) is 4.98 Å². The highest BCUT2D eigenvalue weighted by molar-refractivity contribution is 7.86. The molecular weight excluding hydrogens is 359 g/mol. The van der Waals surface area contributed by atoms with Gasteiger partial charge in [0.2, 0.25) is 17.0 Å². The Morgan fingerprint density at radius 1 is 1.25 bits per heavy atom. The Labute approximate surface area is 134 Å². The van der Waals surface area contributed by atoms with Gasteiger partial charge in [-0.25, -0.2) is 8.42 Å². The van der Waals surface area contributed by atoms with Crippen LogP contribution in [0.15, 0.2) is 12.1 Å². The molecule has 0 aliphatic carbocycles. The summed E-state index contributed by atoms with van der Waals surface area (Å²) >= 11 is 0. The fraction of sp³-hybridized carbons (Fsp3) is 0.364. The van der Waals surface area contributed by atoms with Crippen LogP contribution in [0.4, 0.5) is 24.5 Å². The molecule has 0 atom stereocenters. The maximum Gasteiger partial charge on any atom is 0.485 e. The van der Waals surface area contributed by atoms with Crippen molar-refractivity contribution >= 4 is 27.4 Å². The summed E-state index contributed by atoms with van der Waals surface area (Å²) in [6.45, 7) is 1.39. The van der Waals surface area contributed by atoms with Crippen molar-refractivity contribution in [2.75, 3.05) is 19.5 Å². The zero-order valence-corrected chi connectivity index (χ0v) is 13.4. The van der Waals surface area contributed by atoms with Crippen molar-refractivity contribution < 1.29 is 40.4 Å². The number of halogens is 3. The van der Waals surface area contributed by atoms with Crippen LogP contribution >= 0.6 is 0 Å². The SMILES string of the molecule is COc1cc(NC(C)=O)c(OC)cc1[N+]#N.O=S(=O)([O-])C(F)(F)F. The van der Waals surface area contributed by atoms with Gasteiger partial charge in [-0.15, -0.1) is 0 Å². The van der Waals surface area contributed by atoms with E-state index in [2.05, 4.69) is 10.3 Å². The van der Waals surface area contributed by atoms with Gasteiger partial charge in [-0.05, 0) is 0 Å². The largest absolute Gasteiger partial charge is 0.741 e. The molecule has 0 heterocycles. The number of diazo groups is 1. The monoisotopic (exact) mass is 371 g/mol. The summed E-state index contributed by atoms with van der Waals surface area (Å²) in [7, 11) is -3.20. The van der Waals surface area contributed by atoms with Gasteiger partial charge in [0.05, 0.1) is 26.0 Å². The molecule has 13 heteroatoms. The van der Waals surface area contributed by atoms with Crippen molar-refractivity contribution in [2.24, 2.45) is 0 Å². The van der Waals surface area contributed by atoms with Gasteiger partial charge in [0.15, 0.2) is 20.8 Å². The van der Waals surface area contributed by atoms with Crippen LogP contribution in [0.5, 0.6) is 11.5 Å². The third kappa shape index (κ3) is 6.26. The molecule has 0 aliphatic heterocycles. The number of benzene rings is 1. The fourth-order valence-corrected chi connectivity index (χ4v) is 1.25. The lowest BCUT2D eigenvalue weighted by atomic mass is 10.2. The van der Waals surface area contributed by atoms with Crippen LogP contribution in [-0.4, -0.2) is 38.6 Å². The summed E-state index contributed by atoms with van der Waals surface area (Å²) in [5.74, 6) is 0.505. The summed E-state index contributed by atoms with van der Waals surface area (Å²) < 4.78 is 68.9. The quantitative estimate of drug-likeness (QED) is 0.489. The van der Waals surface area contributed by atoms with Crippen LogP contribution < -0.4 is 14.8 Å². The topological polar surface area (TPSA) is 133 Å². The normalized spacial score (nSPS) is 10.8. The van der Waals surface area contributed by atoms with Gasteiger partial charge >= 0.3 is 11.2 Å². The number of ether oxygens (including phenoxy) is 2. The highest BCUT2D eigenvalue weighted by Gasteiger charge is 2.36. The molecule has 0 spiro atoms. The number of amides is 1. The van der Waals surface area contributed by atoms with Crippen LogP contribution in [0.3, 0.4) is 0 Å². The van der Waals surface area contributed by atoms with E-state index in [0.29, 0.717) is 17.2 Å². The van der Waals surface area contributed by atoms with Crippen molar-refractivity contribution in [1.82, 2.24) is 0 Å². The maximum atomic E-state index is 11.0. The van der Waals surface area contributed by atoms with E-state index in [1.54, 1.807) is 0 Å². The number of carbonyl (C=O) groups is 1. The number of carbonyl (C=O) groups excluding carboxylic acids is 1. The number of anilines is 1. The molecule has 0 fully saturated rings. The Hall–Kier alpha value is -2.59. The summed E-state index contributed by atoms with van der Waals surface area (Å²) in [5.41, 5.74) is -4.96. The first-order valence-corrected chi connectivity index (χ1v) is 7.19. The molecule has 0 saturated carbocycles. The third-order valence-corrected chi connectivity index (χ3v) is 2.77. The van der Waals surface area contributed by atoms with Gasteiger partial charge in [-0.2, -0.15) is 13.2 Å². The molecular formula is C11H12F3N3O6S. The Bertz CT molecular complexity index is 743. The molecule has 1 amide bonds. The lowest BCUT2D eigenvalue weighted by molar-refractivity contribution is -0.114. The number of alkyl halides is 3. The minimum Gasteiger partial charge on any atom is -0.741 e. The van der Waals surface area contributed by atoms with E-state index in [9.17, 15) is 18.0 Å². The molecule has 0 unspecified atom stereocenters. The number of hydrogen-bond acceptors (Lipinski definition) is 7. The van der Waals surface area contributed by atoms with Crippen molar-refractivity contribution in [3.05, 3.63) is 17.1 Å². The number of nitrogens with zero attached hydrogens (tertiary/aromatic N) is 2. The molecule has 1 N–H and O–H groups in total. The van der Waals surface area contributed by atoms with E-state index in [1.807, 2.05) is 0 Å². The first-order valence-electron chi connectivity index (χ1n) is 5.78. The lowest BCUT2D eigenvalue weighted by Crippen LogP contribution is -2.21. The zero-order valence-electron chi connectivity index (χ0n) is 12.5. The predicted octanol–water partition coefficient (Wildman–Crippen LogP) is 2.20. The van der Waals surface area contributed by atoms with Gasteiger partial charge in [0.1, 0.15) is 0 Å². The number of hydrogen-bond donors (Lipinski definition) is 1. The lowest BCUT2D eigenvalue weighted by Gasteiger charge is -2.08. The molecule has 0 aromatic heterocycles. The Kier molecular flexibility index (Phi) is 7.42. The maximum absolute atomic E-state index is 11.0. The fourth-order valence-electron chi connectivity index (χ4n) is 1.25. The van der Waals surface area contributed by atoms with Gasteiger partial charge < -0.3 is 19.3 Å². The summed E-state index contributed by atoms with van der Waals surface area (Å²) in [6, 6.07) is 2.99. The molecule has 9 nitrogen and oxygen atoms in total. The second-order valence-electron chi connectivity index (χ2n) is 3.91. The molecule has 24 heavy (non-hydrogen) atoms. The minimum atomic E-state index is -6.09. The van der Waals surface area contributed by atoms with E-state index in [-0.39, 0.29) is 11.6 Å². The summed E-state index contributed by atoms with van der Waals surface area (Å²) in [4.78, 5) is 14.0. The Morgan fingerprint density at radius 2 is 1.71 bits per heavy atom. The first kappa shape index (κ1) is 21.4. The van der Waals surface area contributed by atoms with E-state index in [4.69, 9.17) is 27.8 Å². The van der Waals surface area contributed by atoms with Gasteiger partial charge in [0, 0.05) is 13.0 Å². The molecule has 1 rings (SSSR count). The second kappa shape index (κ2) is 8.31. The Morgan fingerprint density at radius 3 is 2.00 bits per heavy atom. The van der Waals surface area contributed by atoms with E-state index in [1.165, 1.54) is 33.3 Å². The van der Waals surface area contributed by atoms with Crippen LogP contribution in [0.2, 0.25) is 0 Å². The van der Waals surface area contributed by atoms with Gasteiger partial charge in [-0.1, -0.05) is 0 Å². The second-order valence-corrected chi connectivity index (χ2v) is 5.28. The average molecular weight is 371 g/mol. The molecule has 1 aromatic rings. The first-order chi connectivity index (χ1) is 10.9. The highest BCUT2D eigenvalue weighted by Crippen LogP contribution is 2.37. The standard InChI is InChI=1S/C10H11N3O3.CHF3O3S/c1-6(14)12-7-4-10(16-3)8(13-11)5-9(7)15-2;2-1(3,4)8(5,6)7/h4-5H,1-3H3;(H,5,6,7). The van der Waals surface area contributed by atoms with Crippen LogP contribution in [0.1, 0.15) is 6.92 Å². The van der Waals surface area contributed by atoms with Crippen molar-refractivity contribution in [2.45, 2.75) is 12.4 Å². The molecule has 1 aromatic carbocycles. The highest BCUT2D eigenvalue weighted by atomic mass is 32.2. The molecule has 0 aliphatic rings. The van der Waals surface area contributed by atoms with E-state index < -0.39 is 15.6 Å². The van der Waals surface area contributed by atoms with Gasteiger partial charge in [0.25, 0.3) is 0 Å². The smallest absolute Gasteiger partial charge is 0.485 e. The zero-order chi connectivity index (χ0) is 19.1. The third-order valence-electron chi connectivity index (χ3n) is 2.20. The predicted molar refractivity (Wildman–Crippen MR) is 74.3 cm³/mol. The number of rotatable bonds is 3. The molecule has 134 valence electrons. The van der Waals surface area contributed by atoms with E-state index >= 15 is 0 Å². The van der Waals surface area contributed by atoms with E-state index in [0.717, 1.165) is 0 Å². The molecule has 0 radical (unpaired) electrons. The molecule has 0 bridgehead atoms. The molecule has 0 saturated heterocycles. The van der Waals surface area contributed by atoms with Gasteiger partial charge in [-0.3, -0.25) is 4.79 Å². The summed E-state index contributed by atoms with van der Waals surface area (Å²) in [6.07, 6.45) is 0. The minimum absolute atomic E-state index is 0.228. The Balaban J connectivity index is 0.000000561. The average Bonchev–Trinajstić information content (AvgIpc) is 2.44. The van der Waals surface area contributed by atoms with Crippen molar-refractivity contribution in [3.8, 4) is 11.5 Å². The van der Waals surface area contributed by atoms with Crippen LogP contribution in [-0.2, 0) is 14.9 Å². The van der Waals surface area contributed by atoms with Crippen LogP contribution in [0, 0.1) is 5.39 Å². The number of nitrogens with one attached hydrogen (secondary N) is 1. The van der Waals surface area contributed by atoms with Crippen molar-refractivity contribution in [1.29, 1.82) is 5.39 Å². The number of methoxy groups -OCH3 is 2.